The highest BCUT2D eigenvalue weighted by Gasteiger charge is 1.99. The molecule has 2 aromatic rings. The summed E-state index contributed by atoms with van der Waals surface area (Å²) in [6.07, 6.45) is 2.09. The summed E-state index contributed by atoms with van der Waals surface area (Å²) in [5.74, 6) is 0. The van der Waals surface area contributed by atoms with Gasteiger partial charge in [-0.25, -0.2) is 0 Å². The second-order valence-corrected chi connectivity index (χ2v) is 3.44. The molecule has 60 valence electrons. The van der Waals surface area contributed by atoms with Crippen molar-refractivity contribution in [3.05, 3.63) is 53.0 Å². The Morgan fingerprint density at radius 1 is 1.17 bits per heavy atom. The maximum Gasteiger partial charge on any atom is 0.224 e. The predicted octanol–water partition coefficient (Wildman–Crippen LogP) is 2.08. The lowest BCUT2D eigenvalue weighted by atomic mass is 10.2. The van der Waals surface area contributed by atoms with Crippen LogP contribution in [-0.2, 0) is 6.54 Å². The van der Waals surface area contributed by atoms with Crippen molar-refractivity contribution in [1.29, 1.82) is 0 Å². The molecule has 1 aromatic heterocycles. The van der Waals surface area contributed by atoms with Gasteiger partial charge < -0.3 is 0 Å². The standard InChI is InChI=1S/C10H10NS/c1-2-4-10(5-3-1)8-11-6-7-12-9-11/h1-7,9H,8H2/q+1. The second kappa shape index (κ2) is 3.50. The van der Waals surface area contributed by atoms with E-state index in [9.17, 15) is 0 Å². The Labute approximate surface area is 75.9 Å². The van der Waals surface area contributed by atoms with Crippen molar-refractivity contribution in [2.24, 2.45) is 0 Å². The van der Waals surface area contributed by atoms with Gasteiger partial charge in [-0.05, 0) is 0 Å². The van der Waals surface area contributed by atoms with Crippen LogP contribution in [0.1, 0.15) is 5.56 Å². The summed E-state index contributed by atoms with van der Waals surface area (Å²) in [5, 5.41) is 2.09. The monoisotopic (exact) mass is 176 g/mol. The molecular formula is C10H10NS+. The first-order chi connectivity index (χ1) is 5.95. The second-order valence-electron chi connectivity index (χ2n) is 2.68. The first-order valence-electron chi connectivity index (χ1n) is 3.90. The number of rotatable bonds is 2. The molecule has 0 atom stereocenters. The molecule has 1 heterocycles. The van der Waals surface area contributed by atoms with Crippen molar-refractivity contribution >= 4 is 11.3 Å². The van der Waals surface area contributed by atoms with E-state index in [0.29, 0.717) is 0 Å². The Balaban J connectivity index is 2.15. The molecule has 12 heavy (non-hydrogen) atoms. The zero-order chi connectivity index (χ0) is 8.23. The van der Waals surface area contributed by atoms with Gasteiger partial charge in [0.1, 0.15) is 0 Å². The van der Waals surface area contributed by atoms with Crippen molar-refractivity contribution < 1.29 is 4.57 Å². The molecular weight excluding hydrogens is 166 g/mol. The van der Waals surface area contributed by atoms with E-state index >= 15 is 0 Å². The summed E-state index contributed by atoms with van der Waals surface area (Å²) in [5.41, 5.74) is 3.47. The van der Waals surface area contributed by atoms with Crippen LogP contribution in [0.5, 0.6) is 0 Å². The minimum atomic E-state index is 0.977. The van der Waals surface area contributed by atoms with E-state index in [1.807, 2.05) is 6.07 Å². The number of aromatic nitrogens is 1. The molecule has 0 spiro atoms. The van der Waals surface area contributed by atoms with E-state index < -0.39 is 0 Å². The van der Waals surface area contributed by atoms with E-state index in [0.717, 1.165) is 6.54 Å². The lowest BCUT2D eigenvalue weighted by Gasteiger charge is -1.92. The molecule has 0 amide bonds. The van der Waals surface area contributed by atoms with E-state index in [4.69, 9.17) is 0 Å². The quantitative estimate of drug-likeness (QED) is 0.617. The molecule has 0 radical (unpaired) electrons. The molecule has 0 aliphatic rings. The largest absolute Gasteiger partial charge is 0.224 e. The van der Waals surface area contributed by atoms with Crippen molar-refractivity contribution in [3.63, 3.8) is 0 Å². The SMILES string of the molecule is c1ccc(C[n+]2ccsc2)cc1. The average molecular weight is 176 g/mol. The Morgan fingerprint density at radius 2 is 2.00 bits per heavy atom. The highest BCUT2D eigenvalue weighted by Crippen LogP contribution is 1.98. The van der Waals surface area contributed by atoms with Crippen LogP contribution in [-0.4, -0.2) is 0 Å². The molecule has 1 aromatic carbocycles. The van der Waals surface area contributed by atoms with Crippen molar-refractivity contribution in [3.8, 4) is 0 Å². The summed E-state index contributed by atoms with van der Waals surface area (Å²) in [7, 11) is 0. The van der Waals surface area contributed by atoms with Crippen LogP contribution in [0.2, 0.25) is 0 Å². The smallest absolute Gasteiger partial charge is 0.191 e. The molecule has 0 aliphatic heterocycles. The first-order valence-corrected chi connectivity index (χ1v) is 4.84. The van der Waals surface area contributed by atoms with Crippen LogP contribution in [0.15, 0.2) is 47.4 Å². The van der Waals surface area contributed by atoms with Gasteiger partial charge in [0, 0.05) is 5.56 Å². The Kier molecular flexibility index (Phi) is 2.19. The normalized spacial score (nSPS) is 10.0. The van der Waals surface area contributed by atoms with Crippen LogP contribution in [0.4, 0.5) is 0 Å². The fourth-order valence-electron chi connectivity index (χ4n) is 1.15. The van der Waals surface area contributed by atoms with Crippen LogP contribution < -0.4 is 4.57 Å². The van der Waals surface area contributed by atoms with Gasteiger partial charge in [0.05, 0.1) is 5.38 Å². The van der Waals surface area contributed by atoms with E-state index in [2.05, 4.69) is 45.9 Å². The van der Waals surface area contributed by atoms with Gasteiger partial charge in [-0.2, -0.15) is 4.57 Å². The number of nitrogens with zero attached hydrogens (tertiary/aromatic N) is 1. The van der Waals surface area contributed by atoms with Crippen LogP contribution in [0, 0.1) is 0 Å². The lowest BCUT2D eigenvalue weighted by molar-refractivity contribution is -0.683. The molecule has 2 rings (SSSR count). The third-order valence-corrected chi connectivity index (χ3v) is 2.41. The van der Waals surface area contributed by atoms with Crippen LogP contribution in [0.25, 0.3) is 0 Å². The highest BCUT2D eigenvalue weighted by molar-refractivity contribution is 7.07. The van der Waals surface area contributed by atoms with Gasteiger partial charge in [0.2, 0.25) is 5.51 Å². The molecule has 0 saturated heterocycles. The van der Waals surface area contributed by atoms with Gasteiger partial charge in [0.25, 0.3) is 0 Å². The Bertz CT molecular complexity index is 326. The molecule has 0 saturated carbocycles. The lowest BCUT2D eigenvalue weighted by Crippen LogP contribution is -2.30. The Hall–Kier alpha value is -1.15. The van der Waals surface area contributed by atoms with Crippen molar-refractivity contribution in [1.82, 2.24) is 0 Å². The summed E-state index contributed by atoms with van der Waals surface area (Å²) < 4.78 is 2.18. The van der Waals surface area contributed by atoms with E-state index in [1.165, 1.54) is 5.56 Å². The summed E-state index contributed by atoms with van der Waals surface area (Å²) in [6, 6.07) is 10.5. The van der Waals surface area contributed by atoms with Crippen molar-refractivity contribution in [2.75, 3.05) is 0 Å². The summed E-state index contributed by atoms with van der Waals surface area (Å²) in [6.45, 7) is 0.977. The molecule has 0 bridgehead atoms. The number of benzene rings is 1. The van der Waals surface area contributed by atoms with Gasteiger partial charge >= 0.3 is 0 Å². The molecule has 0 N–H and O–H groups in total. The maximum atomic E-state index is 2.18. The highest BCUT2D eigenvalue weighted by atomic mass is 32.1. The molecule has 0 fully saturated rings. The van der Waals surface area contributed by atoms with Crippen LogP contribution >= 0.6 is 11.3 Å². The van der Waals surface area contributed by atoms with Gasteiger partial charge in [-0.15, -0.1) is 0 Å². The summed E-state index contributed by atoms with van der Waals surface area (Å²) in [4.78, 5) is 0. The summed E-state index contributed by atoms with van der Waals surface area (Å²) >= 11 is 1.72. The third kappa shape index (κ3) is 1.71. The van der Waals surface area contributed by atoms with Gasteiger partial charge in [-0.1, -0.05) is 41.7 Å². The number of hydrogen-bond acceptors (Lipinski definition) is 1. The molecule has 0 aliphatic carbocycles. The third-order valence-electron chi connectivity index (χ3n) is 1.74. The number of thiazole rings is 1. The molecule has 1 nitrogen and oxygen atoms in total. The minimum Gasteiger partial charge on any atom is -0.191 e. The minimum absolute atomic E-state index is 0.977. The fourth-order valence-corrected chi connectivity index (χ4v) is 1.74. The van der Waals surface area contributed by atoms with Gasteiger partial charge in [0.15, 0.2) is 12.7 Å². The first kappa shape index (κ1) is 7.50. The molecule has 2 heteroatoms. The van der Waals surface area contributed by atoms with Crippen molar-refractivity contribution in [2.45, 2.75) is 6.54 Å². The topological polar surface area (TPSA) is 3.88 Å². The van der Waals surface area contributed by atoms with E-state index in [-0.39, 0.29) is 0 Å². The van der Waals surface area contributed by atoms with E-state index in [1.54, 1.807) is 11.3 Å². The van der Waals surface area contributed by atoms with Crippen LogP contribution in [0.3, 0.4) is 0 Å². The fraction of sp³-hybridized carbons (Fsp3) is 0.100. The maximum absolute atomic E-state index is 2.18. The zero-order valence-electron chi connectivity index (χ0n) is 6.68. The Morgan fingerprint density at radius 3 is 2.67 bits per heavy atom. The van der Waals surface area contributed by atoms with Gasteiger partial charge in [-0.3, -0.25) is 0 Å². The average Bonchev–Trinajstić information content (AvgIpc) is 2.59. The molecule has 0 unspecified atom stereocenters. The predicted molar refractivity (Wildman–Crippen MR) is 50.1 cm³/mol. The zero-order valence-corrected chi connectivity index (χ0v) is 7.50. The number of hydrogen-bond donors (Lipinski definition) is 0.